The lowest BCUT2D eigenvalue weighted by Crippen LogP contribution is -2.26. The summed E-state index contributed by atoms with van der Waals surface area (Å²) in [6.07, 6.45) is -2.96. The van der Waals surface area contributed by atoms with E-state index in [-0.39, 0.29) is 11.7 Å². The minimum absolute atomic E-state index is 0.103. The number of piperidine rings is 1. The van der Waals surface area contributed by atoms with Crippen molar-refractivity contribution in [2.75, 3.05) is 13.1 Å². The molecule has 12 heteroatoms. The molecule has 1 aromatic heterocycles. The van der Waals surface area contributed by atoms with Gasteiger partial charge in [0.2, 0.25) is 0 Å². The molecule has 3 heterocycles. The van der Waals surface area contributed by atoms with Crippen LogP contribution in [0, 0.1) is 11.6 Å². The number of alkyl halides is 3. The Morgan fingerprint density at radius 3 is 2.39 bits per heavy atom. The Morgan fingerprint density at radius 1 is 1.19 bits per heavy atom. The number of carboxylic acid groups (broad SMARTS) is 1. The van der Waals surface area contributed by atoms with Gasteiger partial charge >= 0.3 is 12.1 Å². The van der Waals surface area contributed by atoms with Crippen LogP contribution in [0.4, 0.5) is 22.0 Å². The predicted octanol–water partition coefficient (Wildman–Crippen LogP) is 4.39. The van der Waals surface area contributed by atoms with E-state index in [1.54, 1.807) is 11.3 Å². The van der Waals surface area contributed by atoms with Crippen LogP contribution in [0.3, 0.4) is 0 Å². The maximum atomic E-state index is 13.9. The molecule has 1 fully saturated rings. The van der Waals surface area contributed by atoms with E-state index in [4.69, 9.17) is 19.7 Å². The Hall–Kier alpha value is -2.60. The molecule has 31 heavy (non-hydrogen) atoms. The van der Waals surface area contributed by atoms with Crippen molar-refractivity contribution in [2.24, 2.45) is 5.16 Å². The van der Waals surface area contributed by atoms with E-state index < -0.39 is 23.8 Å². The zero-order chi connectivity index (χ0) is 22.6. The van der Waals surface area contributed by atoms with Crippen molar-refractivity contribution in [1.82, 2.24) is 10.3 Å². The maximum absolute atomic E-state index is 13.9. The van der Waals surface area contributed by atoms with Gasteiger partial charge in [0.25, 0.3) is 0 Å². The van der Waals surface area contributed by atoms with Crippen LogP contribution in [0.25, 0.3) is 0 Å². The van der Waals surface area contributed by atoms with Crippen molar-refractivity contribution in [3.63, 3.8) is 0 Å². The number of carbonyl (C=O) groups is 1. The number of aliphatic carboxylic acids is 1. The second-order valence-corrected chi connectivity index (χ2v) is 7.76. The summed E-state index contributed by atoms with van der Waals surface area (Å²) in [4.78, 5) is 19.0. The van der Waals surface area contributed by atoms with Crippen LogP contribution >= 0.6 is 11.3 Å². The van der Waals surface area contributed by atoms with Gasteiger partial charge in [-0.3, -0.25) is 0 Å². The Kier molecular flexibility index (Phi) is 7.21. The first kappa shape index (κ1) is 23.1. The zero-order valence-electron chi connectivity index (χ0n) is 16.0. The summed E-state index contributed by atoms with van der Waals surface area (Å²) in [6, 6.07) is 3.80. The minimum Gasteiger partial charge on any atom is -0.475 e. The molecule has 0 amide bonds. The molecule has 2 aliphatic heterocycles. The number of benzene rings is 1. The van der Waals surface area contributed by atoms with Gasteiger partial charge in [0.15, 0.2) is 6.10 Å². The van der Waals surface area contributed by atoms with Crippen LogP contribution < -0.4 is 5.32 Å². The number of carboxylic acids is 1. The molecular formula is C19H18F5N3O3S. The molecule has 0 saturated carbocycles. The van der Waals surface area contributed by atoms with E-state index in [1.807, 2.05) is 5.38 Å². The van der Waals surface area contributed by atoms with Gasteiger partial charge in [-0.1, -0.05) is 11.2 Å². The Labute approximate surface area is 177 Å². The normalized spacial score (nSPS) is 19.3. The molecule has 1 aromatic carbocycles. The second kappa shape index (κ2) is 9.69. The number of oxime groups is 1. The average molecular weight is 463 g/mol. The lowest BCUT2D eigenvalue weighted by Gasteiger charge is -2.20. The van der Waals surface area contributed by atoms with Gasteiger partial charge in [0.1, 0.15) is 11.6 Å². The van der Waals surface area contributed by atoms with Crippen molar-refractivity contribution >= 4 is 23.0 Å². The monoisotopic (exact) mass is 463 g/mol. The van der Waals surface area contributed by atoms with E-state index >= 15 is 0 Å². The van der Waals surface area contributed by atoms with Crippen LogP contribution in [0.15, 0.2) is 28.7 Å². The number of nitrogens with zero attached hydrogens (tertiary/aromatic N) is 2. The number of aromatic nitrogens is 1. The second-order valence-electron chi connectivity index (χ2n) is 6.87. The third-order valence-corrected chi connectivity index (χ3v) is 5.75. The first-order valence-corrected chi connectivity index (χ1v) is 10.2. The molecule has 0 radical (unpaired) electrons. The summed E-state index contributed by atoms with van der Waals surface area (Å²) in [5.74, 6) is -3.51. The molecule has 0 aliphatic carbocycles. The highest BCUT2D eigenvalue weighted by atomic mass is 32.1. The summed E-state index contributed by atoms with van der Waals surface area (Å²) in [5, 5.41) is 17.4. The first-order chi connectivity index (χ1) is 14.7. The predicted molar refractivity (Wildman–Crippen MR) is 102 cm³/mol. The molecule has 2 aromatic rings. The van der Waals surface area contributed by atoms with Crippen molar-refractivity contribution in [2.45, 2.75) is 37.5 Å². The number of halogens is 5. The van der Waals surface area contributed by atoms with Gasteiger partial charge in [-0.25, -0.2) is 18.6 Å². The highest BCUT2D eigenvalue weighted by Crippen LogP contribution is 2.34. The standard InChI is InChI=1S/C17H17F2N3OS.C2HF3O2/c18-11-2-1-3-12(19)16(11)13-8-15(23-22-13)14-9-24-17(21-14)10-4-6-20-7-5-10;3-2(4,5)1(6)7/h1-3,9-10,15,20H,4-8H2;(H,6,7). The largest absolute Gasteiger partial charge is 0.490 e. The number of rotatable bonds is 3. The van der Waals surface area contributed by atoms with E-state index in [0.29, 0.717) is 18.1 Å². The highest BCUT2D eigenvalue weighted by molar-refractivity contribution is 7.09. The molecular weight excluding hydrogens is 445 g/mol. The molecule has 0 bridgehead atoms. The number of nitrogens with one attached hydrogen (secondary N) is 1. The summed E-state index contributed by atoms with van der Waals surface area (Å²) >= 11 is 1.63. The molecule has 4 rings (SSSR count). The summed E-state index contributed by atoms with van der Waals surface area (Å²) in [5.41, 5.74) is 0.991. The van der Waals surface area contributed by atoms with Gasteiger partial charge in [-0.05, 0) is 38.1 Å². The number of hydrogen-bond acceptors (Lipinski definition) is 6. The Bertz CT molecular complexity index is 937. The third-order valence-electron chi connectivity index (χ3n) is 4.72. The molecule has 0 spiro atoms. The van der Waals surface area contributed by atoms with Gasteiger partial charge < -0.3 is 15.3 Å². The fraction of sp³-hybridized carbons (Fsp3) is 0.421. The van der Waals surface area contributed by atoms with Crippen molar-refractivity contribution in [3.05, 3.63) is 51.5 Å². The summed E-state index contributed by atoms with van der Waals surface area (Å²) in [7, 11) is 0. The molecule has 6 nitrogen and oxygen atoms in total. The van der Waals surface area contributed by atoms with Crippen LogP contribution in [0.5, 0.6) is 0 Å². The van der Waals surface area contributed by atoms with Crippen molar-refractivity contribution in [1.29, 1.82) is 0 Å². The molecule has 2 aliphatic rings. The third kappa shape index (κ3) is 5.76. The maximum Gasteiger partial charge on any atom is 0.490 e. The minimum atomic E-state index is -5.08. The van der Waals surface area contributed by atoms with E-state index in [2.05, 4.69) is 10.5 Å². The molecule has 2 N–H and O–H groups in total. The van der Waals surface area contributed by atoms with Crippen molar-refractivity contribution < 1.29 is 36.7 Å². The van der Waals surface area contributed by atoms with Gasteiger partial charge in [0, 0.05) is 17.7 Å². The van der Waals surface area contributed by atoms with E-state index in [1.165, 1.54) is 18.2 Å². The van der Waals surface area contributed by atoms with Crippen LogP contribution in [0.2, 0.25) is 0 Å². The smallest absolute Gasteiger partial charge is 0.475 e. The molecule has 1 atom stereocenters. The average Bonchev–Trinajstić information content (AvgIpc) is 3.38. The lowest BCUT2D eigenvalue weighted by atomic mass is 9.99. The Balaban J connectivity index is 0.000000339. The van der Waals surface area contributed by atoms with E-state index in [9.17, 15) is 22.0 Å². The van der Waals surface area contributed by atoms with Gasteiger partial charge in [-0.2, -0.15) is 13.2 Å². The topological polar surface area (TPSA) is 83.8 Å². The zero-order valence-corrected chi connectivity index (χ0v) is 16.8. The number of thiazole rings is 1. The van der Waals surface area contributed by atoms with Gasteiger partial charge in [-0.15, -0.1) is 11.3 Å². The summed E-state index contributed by atoms with van der Waals surface area (Å²) in [6.45, 7) is 2.03. The quantitative estimate of drug-likeness (QED) is 0.660. The molecule has 1 unspecified atom stereocenters. The molecule has 1 saturated heterocycles. The van der Waals surface area contributed by atoms with Crippen LogP contribution in [-0.2, 0) is 9.63 Å². The van der Waals surface area contributed by atoms with Crippen LogP contribution in [-0.4, -0.2) is 41.0 Å². The van der Waals surface area contributed by atoms with Crippen LogP contribution in [0.1, 0.15) is 47.5 Å². The van der Waals surface area contributed by atoms with E-state index in [0.717, 1.165) is 36.6 Å². The first-order valence-electron chi connectivity index (χ1n) is 9.30. The fourth-order valence-electron chi connectivity index (χ4n) is 3.16. The fourth-order valence-corrected chi connectivity index (χ4v) is 4.19. The van der Waals surface area contributed by atoms with Crippen molar-refractivity contribution in [3.8, 4) is 0 Å². The summed E-state index contributed by atoms with van der Waals surface area (Å²) < 4.78 is 59.5. The number of hydrogen-bond donors (Lipinski definition) is 2. The highest BCUT2D eigenvalue weighted by Gasteiger charge is 2.38. The van der Waals surface area contributed by atoms with Gasteiger partial charge in [0.05, 0.1) is 22.0 Å². The SMILES string of the molecule is Fc1cccc(F)c1C1=NOC(c2csc(C3CCNCC3)n2)C1.O=C(O)C(F)(F)F. The molecule has 168 valence electrons. The Morgan fingerprint density at radius 2 is 1.81 bits per heavy atom. The lowest BCUT2D eigenvalue weighted by molar-refractivity contribution is -0.192.